The molecule has 7 heteroatoms. The van der Waals surface area contributed by atoms with E-state index in [4.69, 9.17) is 0 Å². The van der Waals surface area contributed by atoms with Gasteiger partial charge in [0.1, 0.15) is 5.52 Å². The monoisotopic (exact) mass is 398 g/mol. The molecule has 0 radical (unpaired) electrons. The summed E-state index contributed by atoms with van der Waals surface area (Å²) in [5.41, 5.74) is 3.07. The van der Waals surface area contributed by atoms with Gasteiger partial charge in [0.15, 0.2) is 5.16 Å². The van der Waals surface area contributed by atoms with E-state index in [0.717, 1.165) is 17.7 Å². The van der Waals surface area contributed by atoms with E-state index in [1.54, 1.807) is 16.5 Å². The Morgan fingerprint density at radius 1 is 1.32 bits per heavy atom. The van der Waals surface area contributed by atoms with Crippen LogP contribution >= 0.6 is 11.8 Å². The molecule has 6 nitrogen and oxygen atoms in total. The van der Waals surface area contributed by atoms with E-state index in [1.807, 2.05) is 57.2 Å². The van der Waals surface area contributed by atoms with E-state index in [2.05, 4.69) is 9.97 Å². The number of amides is 1. The van der Waals surface area contributed by atoms with Crippen LogP contribution in [0.4, 0.5) is 0 Å². The molecule has 2 aromatic heterocycles. The number of thioether (sulfide) groups is 1. The number of rotatable bonds is 7. The van der Waals surface area contributed by atoms with Crippen molar-refractivity contribution in [3.63, 3.8) is 0 Å². The number of nitrogens with one attached hydrogen (secondary N) is 1. The average Bonchev–Trinajstić information content (AvgIpc) is 3.07. The lowest BCUT2D eigenvalue weighted by Gasteiger charge is -2.19. The third-order valence-corrected chi connectivity index (χ3v) is 5.77. The number of hydrogen-bond donors (Lipinski definition) is 1. The highest BCUT2D eigenvalue weighted by atomic mass is 32.2. The van der Waals surface area contributed by atoms with E-state index >= 15 is 0 Å². The predicted octanol–water partition coefficient (Wildman–Crippen LogP) is 3.75. The van der Waals surface area contributed by atoms with Crippen LogP contribution in [-0.4, -0.2) is 38.1 Å². The molecule has 0 spiro atoms. The minimum absolute atomic E-state index is 0.00384. The van der Waals surface area contributed by atoms with Crippen LogP contribution in [0.25, 0.3) is 11.0 Å². The number of benzene rings is 1. The molecule has 0 aliphatic heterocycles. The van der Waals surface area contributed by atoms with Crippen LogP contribution < -0.4 is 5.56 Å². The highest BCUT2D eigenvalue weighted by molar-refractivity contribution is 7.99. The maximum Gasteiger partial charge on any atom is 0.278 e. The van der Waals surface area contributed by atoms with Gasteiger partial charge in [0, 0.05) is 25.3 Å². The van der Waals surface area contributed by atoms with Crippen molar-refractivity contribution < 1.29 is 4.79 Å². The van der Waals surface area contributed by atoms with Gasteiger partial charge < -0.3 is 9.88 Å². The zero-order chi connectivity index (χ0) is 20.3. The molecule has 1 amide bonds. The number of nitrogens with zero attached hydrogens (tertiary/aromatic N) is 3. The van der Waals surface area contributed by atoms with Crippen LogP contribution in [0, 0.1) is 6.92 Å². The Morgan fingerprint density at radius 3 is 2.71 bits per heavy atom. The second kappa shape index (κ2) is 8.65. The third kappa shape index (κ3) is 4.30. The molecule has 0 fully saturated rings. The van der Waals surface area contributed by atoms with Gasteiger partial charge in [-0.15, -0.1) is 0 Å². The van der Waals surface area contributed by atoms with Gasteiger partial charge in [-0.2, -0.15) is 0 Å². The number of aromatic nitrogens is 3. The first kappa shape index (κ1) is 20.2. The Hall–Kier alpha value is -2.54. The Kier molecular flexibility index (Phi) is 6.24. The number of carbonyl (C=O) groups excluding carboxylic acids is 1. The quantitative estimate of drug-likeness (QED) is 0.486. The van der Waals surface area contributed by atoms with Crippen molar-refractivity contribution in [1.82, 2.24) is 19.4 Å². The van der Waals surface area contributed by atoms with Crippen molar-refractivity contribution >= 4 is 28.7 Å². The highest BCUT2D eigenvalue weighted by Gasteiger charge is 2.19. The number of H-pyrrole nitrogens is 1. The van der Waals surface area contributed by atoms with Crippen molar-refractivity contribution in [3.8, 4) is 0 Å². The summed E-state index contributed by atoms with van der Waals surface area (Å²) < 4.78 is 1.70. The third-order valence-electron chi connectivity index (χ3n) is 4.83. The smallest absolute Gasteiger partial charge is 0.278 e. The van der Waals surface area contributed by atoms with E-state index in [-0.39, 0.29) is 23.3 Å². The molecular weight excluding hydrogens is 372 g/mol. The zero-order valence-electron chi connectivity index (χ0n) is 16.7. The summed E-state index contributed by atoms with van der Waals surface area (Å²) in [5, 5.41) is 0.590. The summed E-state index contributed by atoms with van der Waals surface area (Å²) in [5.74, 6) is 0.241. The maximum absolute atomic E-state index is 13.0. The minimum Gasteiger partial charge on any atom is -0.353 e. The fourth-order valence-electron chi connectivity index (χ4n) is 3.04. The molecular formula is C21H26N4O2S. The van der Waals surface area contributed by atoms with Gasteiger partial charge >= 0.3 is 0 Å². The molecule has 1 aromatic carbocycles. The van der Waals surface area contributed by atoms with Gasteiger partial charge in [-0.05, 0) is 31.9 Å². The largest absolute Gasteiger partial charge is 0.353 e. The highest BCUT2D eigenvalue weighted by Crippen LogP contribution is 2.23. The topological polar surface area (TPSA) is 71.0 Å². The second-order valence-corrected chi connectivity index (χ2v) is 8.01. The summed E-state index contributed by atoms with van der Waals surface area (Å²) in [6, 6.07) is 11.8. The number of hydrogen-bond acceptors (Lipinski definition) is 4. The summed E-state index contributed by atoms with van der Waals surface area (Å²) in [4.78, 5) is 35.0. The number of aromatic amines is 1. The van der Waals surface area contributed by atoms with Crippen LogP contribution in [0.15, 0.2) is 46.3 Å². The van der Waals surface area contributed by atoms with Crippen molar-refractivity contribution in [2.24, 2.45) is 0 Å². The zero-order valence-corrected chi connectivity index (χ0v) is 17.5. The van der Waals surface area contributed by atoms with Crippen LogP contribution in [-0.2, 0) is 11.3 Å². The molecule has 0 aliphatic rings. The minimum atomic E-state index is -0.0833. The summed E-state index contributed by atoms with van der Waals surface area (Å²) in [7, 11) is 1.80. The van der Waals surface area contributed by atoms with Crippen molar-refractivity contribution in [3.05, 3.63) is 58.0 Å². The van der Waals surface area contributed by atoms with Crippen LogP contribution in [0.1, 0.15) is 37.6 Å². The SMILES string of the molecule is CC[C@@H](C)n1c(SCC(=O)N(C)Cc2ccccc2)nc2cc(C)[nH]c2c1=O. The van der Waals surface area contributed by atoms with E-state index < -0.39 is 0 Å². The molecule has 0 unspecified atom stereocenters. The van der Waals surface area contributed by atoms with Gasteiger partial charge in [0.25, 0.3) is 5.56 Å². The molecule has 2 heterocycles. The van der Waals surface area contributed by atoms with Crippen LogP contribution in [0.2, 0.25) is 0 Å². The van der Waals surface area contributed by atoms with Crippen molar-refractivity contribution in [2.75, 3.05) is 12.8 Å². The lowest BCUT2D eigenvalue weighted by atomic mass is 10.2. The first-order valence-electron chi connectivity index (χ1n) is 9.43. The van der Waals surface area contributed by atoms with Crippen molar-refractivity contribution in [2.45, 2.75) is 44.9 Å². The maximum atomic E-state index is 13.0. The van der Waals surface area contributed by atoms with Crippen LogP contribution in [0.5, 0.6) is 0 Å². The standard InChI is InChI=1S/C21H26N4O2S/c1-5-15(3)25-20(27)19-17(11-14(2)22-19)23-21(25)28-13-18(26)24(4)12-16-9-7-6-8-10-16/h6-11,15,22H,5,12-13H2,1-4H3/t15-/m1/s1. The molecule has 0 aliphatic carbocycles. The van der Waals surface area contributed by atoms with Gasteiger partial charge in [-0.25, -0.2) is 4.98 Å². The molecule has 1 atom stereocenters. The average molecular weight is 399 g/mol. The molecule has 1 N–H and O–H groups in total. The van der Waals surface area contributed by atoms with E-state index in [9.17, 15) is 9.59 Å². The number of carbonyl (C=O) groups is 1. The predicted molar refractivity (Wildman–Crippen MR) is 114 cm³/mol. The number of fused-ring (bicyclic) bond motifs is 1. The Bertz CT molecular complexity index is 1030. The molecule has 148 valence electrons. The van der Waals surface area contributed by atoms with E-state index in [1.165, 1.54) is 11.8 Å². The Morgan fingerprint density at radius 2 is 2.04 bits per heavy atom. The molecule has 0 bridgehead atoms. The van der Waals surface area contributed by atoms with Gasteiger partial charge in [0.2, 0.25) is 5.91 Å². The fraction of sp³-hybridized carbons (Fsp3) is 0.381. The summed E-state index contributed by atoms with van der Waals surface area (Å²) >= 11 is 1.32. The lowest BCUT2D eigenvalue weighted by molar-refractivity contribution is -0.127. The first-order chi connectivity index (χ1) is 13.4. The van der Waals surface area contributed by atoms with Crippen molar-refractivity contribution in [1.29, 1.82) is 0 Å². The normalized spacial score (nSPS) is 12.3. The Labute approximate surface area is 169 Å². The molecule has 0 saturated carbocycles. The summed E-state index contributed by atoms with van der Waals surface area (Å²) in [6.45, 7) is 6.50. The molecule has 3 rings (SSSR count). The fourth-order valence-corrected chi connectivity index (χ4v) is 4.08. The molecule has 28 heavy (non-hydrogen) atoms. The molecule has 0 saturated heterocycles. The van der Waals surface area contributed by atoms with Gasteiger partial charge in [-0.3, -0.25) is 14.2 Å². The molecule has 3 aromatic rings. The lowest BCUT2D eigenvalue weighted by Crippen LogP contribution is -2.29. The number of aryl methyl sites for hydroxylation is 1. The second-order valence-electron chi connectivity index (χ2n) is 7.06. The summed E-state index contributed by atoms with van der Waals surface area (Å²) in [6.07, 6.45) is 0.808. The first-order valence-corrected chi connectivity index (χ1v) is 10.4. The Balaban J connectivity index is 1.81. The van der Waals surface area contributed by atoms with Gasteiger partial charge in [0.05, 0.1) is 11.3 Å². The van der Waals surface area contributed by atoms with Gasteiger partial charge in [-0.1, -0.05) is 49.0 Å². The van der Waals surface area contributed by atoms with E-state index in [0.29, 0.717) is 22.7 Å². The van der Waals surface area contributed by atoms with Crippen LogP contribution in [0.3, 0.4) is 0 Å².